The molecule has 0 saturated carbocycles. The molecule has 0 saturated heterocycles. The lowest BCUT2D eigenvalue weighted by atomic mass is 10.2. The molecule has 1 aromatic carbocycles. The minimum absolute atomic E-state index is 0.210. The van der Waals surface area contributed by atoms with Gasteiger partial charge >= 0.3 is 6.18 Å². The molecule has 5 heteroatoms. The maximum Gasteiger partial charge on any atom is 0.416 e. The van der Waals surface area contributed by atoms with Crippen LogP contribution in [0.3, 0.4) is 0 Å². The van der Waals surface area contributed by atoms with E-state index >= 15 is 0 Å². The molecule has 2 N–H and O–H groups in total. The molecule has 1 rings (SSSR count). The fourth-order valence-electron chi connectivity index (χ4n) is 0.960. The number of alkyl halides is 3. The van der Waals surface area contributed by atoms with E-state index in [0.717, 1.165) is 12.1 Å². The van der Waals surface area contributed by atoms with Crippen LogP contribution in [0, 0.1) is 0 Å². The van der Waals surface area contributed by atoms with Crippen LogP contribution in [0.1, 0.15) is 12.5 Å². The topological polar surface area (TPSA) is 26.0 Å². The van der Waals surface area contributed by atoms with Gasteiger partial charge in [-0.05, 0) is 25.1 Å². The van der Waals surface area contributed by atoms with Gasteiger partial charge in [0.05, 0.1) is 10.9 Å². The van der Waals surface area contributed by atoms with Gasteiger partial charge in [-0.3, -0.25) is 0 Å². The lowest BCUT2D eigenvalue weighted by Crippen LogP contribution is -2.09. The summed E-state index contributed by atoms with van der Waals surface area (Å²) in [5.41, 5.74) is 4.83. The molecule has 0 aliphatic heterocycles. The third-order valence-electron chi connectivity index (χ3n) is 1.48. The normalized spacial score (nSPS) is 14.1. The first-order valence-corrected chi connectivity index (χ1v) is 4.87. The minimum atomic E-state index is -4.28. The Labute approximate surface area is 84.5 Å². The number of benzene rings is 1. The molecule has 1 atom stereocenters. The van der Waals surface area contributed by atoms with Crippen molar-refractivity contribution in [2.75, 3.05) is 0 Å². The highest BCUT2D eigenvalue weighted by Gasteiger charge is 2.30. The zero-order chi connectivity index (χ0) is 10.8. The molecule has 1 nitrogen and oxygen atoms in total. The standard InChI is InChI=1S/C9H10F3NS/c1-6(13)14-8-4-2-3-7(5-8)9(10,11)12/h2-6H,13H2,1H3. The quantitative estimate of drug-likeness (QED) is 0.613. The van der Waals surface area contributed by atoms with Gasteiger partial charge in [0.2, 0.25) is 0 Å². The van der Waals surface area contributed by atoms with E-state index in [0.29, 0.717) is 4.90 Å². The van der Waals surface area contributed by atoms with Crippen molar-refractivity contribution in [2.45, 2.75) is 23.4 Å². The zero-order valence-electron chi connectivity index (χ0n) is 7.51. The largest absolute Gasteiger partial charge is 0.416 e. The van der Waals surface area contributed by atoms with Crippen molar-refractivity contribution in [3.8, 4) is 0 Å². The number of nitrogens with two attached hydrogens (primary N) is 1. The van der Waals surface area contributed by atoms with Crippen LogP contribution in [0.25, 0.3) is 0 Å². The van der Waals surface area contributed by atoms with E-state index in [1.165, 1.54) is 17.8 Å². The Balaban J connectivity index is 2.90. The van der Waals surface area contributed by atoms with Crippen molar-refractivity contribution in [3.05, 3.63) is 29.8 Å². The summed E-state index contributed by atoms with van der Waals surface area (Å²) in [6.07, 6.45) is -4.28. The molecule has 0 bridgehead atoms. The Bertz CT molecular complexity index is 309. The predicted octanol–water partition coefficient (Wildman–Crippen LogP) is 3.10. The fraction of sp³-hybridized carbons (Fsp3) is 0.333. The summed E-state index contributed by atoms with van der Waals surface area (Å²) in [5, 5.41) is -0.210. The van der Waals surface area contributed by atoms with Crippen molar-refractivity contribution >= 4 is 11.8 Å². The second-order valence-corrected chi connectivity index (χ2v) is 4.30. The second-order valence-electron chi connectivity index (χ2n) is 2.85. The van der Waals surface area contributed by atoms with Gasteiger partial charge in [0, 0.05) is 4.90 Å². The average molecular weight is 221 g/mol. The summed E-state index contributed by atoms with van der Waals surface area (Å²) >= 11 is 1.21. The molecule has 1 unspecified atom stereocenters. The molecule has 0 radical (unpaired) electrons. The van der Waals surface area contributed by atoms with Gasteiger partial charge < -0.3 is 5.73 Å². The van der Waals surface area contributed by atoms with Crippen molar-refractivity contribution in [1.29, 1.82) is 0 Å². The molecule has 0 amide bonds. The third kappa shape index (κ3) is 3.23. The first-order valence-electron chi connectivity index (χ1n) is 3.99. The SMILES string of the molecule is CC(N)Sc1cccc(C(F)(F)F)c1. The van der Waals surface area contributed by atoms with E-state index in [4.69, 9.17) is 5.73 Å². The molecule has 14 heavy (non-hydrogen) atoms. The van der Waals surface area contributed by atoms with Crippen LogP contribution in [0.2, 0.25) is 0 Å². The molecule has 0 aliphatic rings. The summed E-state index contributed by atoms with van der Waals surface area (Å²) in [5.74, 6) is 0. The zero-order valence-corrected chi connectivity index (χ0v) is 8.32. The van der Waals surface area contributed by atoms with Gasteiger partial charge in [0.25, 0.3) is 0 Å². The van der Waals surface area contributed by atoms with Gasteiger partial charge in [-0.15, -0.1) is 11.8 Å². The average Bonchev–Trinajstić information content (AvgIpc) is 2.01. The molecule has 0 spiro atoms. The van der Waals surface area contributed by atoms with E-state index < -0.39 is 11.7 Å². The van der Waals surface area contributed by atoms with Crippen LogP contribution in [-0.2, 0) is 6.18 Å². The first kappa shape index (κ1) is 11.4. The Hall–Kier alpha value is -0.680. The van der Waals surface area contributed by atoms with Gasteiger partial charge in [-0.1, -0.05) is 6.07 Å². The highest BCUT2D eigenvalue weighted by Crippen LogP contribution is 2.32. The molecule has 0 heterocycles. The number of hydrogen-bond acceptors (Lipinski definition) is 2. The summed E-state index contributed by atoms with van der Waals surface area (Å²) in [6.45, 7) is 1.73. The van der Waals surface area contributed by atoms with Gasteiger partial charge in [0.1, 0.15) is 0 Å². The first-order chi connectivity index (χ1) is 6.39. The monoisotopic (exact) mass is 221 g/mol. The predicted molar refractivity (Wildman–Crippen MR) is 51.0 cm³/mol. The van der Waals surface area contributed by atoms with E-state index in [2.05, 4.69) is 0 Å². The second kappa shape index (κ2) is 4.23. The van der Waals surface area contributed by atoms with Crippen LogP contribution in [-0.4, -0.2) is 5.37 Å². The maximum absolute atomic E-state index is 12.3. The van der Waals surface area contributed by atoms with Gasteiger partial charge in [0.15, 0.2) is 0 Å². The van der Waals surface area contributed by atoms with Crippen LogP contribution >= 0.6 is 11.8 Å². The highest BCUT2D eigenvalue weighted by molar-refractivity contribution is 7.99. The van der Waals surface area contributed by atoms with E-state index in [1.807, 2.05) is 0 Å². The smallest absolute Gasteiger partial charge is 0.319 e. The molecular weight excluding hydrogens is 211 g/mol. The van der Waals surface area contributed by atoms with Gasteiger partial charge in [-0.25, -0.2) is 0 Å². The summed E-state index contributed by atoms with van der Waals surface area (Å²) in [4.78, 5) is 0.537. The highest BCUT2D eigenvalue weighted by atomic mass is 32.2. The molecule has 0 fully saturated rings. The van der Waals surface area contributed by atoms with Crippen LogP contribution in [0.4, 0.5) is 13.2 Å². The summed E-state index contributed by atoms with van der Waals surface area (Å²) in [6, 6.07) is 5.15. The number of thioether (sulfide) groups is 1. The Morgan fingerprint density at radius 3 is 2.50 bits per heavy atom. The molecule has 78 valence electrons. The van der Waals surface area contributed by atoms with Crippen molar-refractivity contribution in [2.24, 2.45) is 5.73 Å². The molecular formula is C9H10F3NS. The summed E-state index contributed by atoms with van der Waals surface area (Å²) < 4.78 is 36.8. The van der Waals surface area contributed by atoms with Gasteiger partial charge in [-0.2, -0.15) is 13.2 Å². The summed E-state index contributed by atoms with van der Waals surface area (Å²) in [7, 11) is 0. The Morgan fingerprint density at radius 1 is 1.36 bits per heavy atom. The van der Waals surface area contributed by atoms with Crippen molar-refractivity contribution in [1.82, 2.24) is 0 Å². The van der Waals surface area contributed by atoms with Crippen LogP contribution in [0.15, 0.2) is 29.2 Å². The number of halogens is 3. The maximum atomic E-state index is 12.3. The lowest BCUT2D eigenvalue weighted by molar-refractivity contribution is -0.137. The van der Waals surface area contributed by atoms with Crippen LogP contribution < -0.4 is 5.73 Å². The fourth-order valence-corrected chi connectivity index (χ4v) is 1.74. The third-order valence-corrected chi connectivity index (χ3v) is 2.38. The van der Waals surface area contributed by atoms with E-state index in [9.17, 15) is 13.2 Å². The van der Waals surface area contributed by atoms with E-state index in [-0.39, 0.29) is 5.37 Å². The van der Waals surface area contributed by atoms with E-state index in [1.54, 1.807) is 13.0 Å². The number of hydrogen-bond donors (Lipinski definition) is 1. The lowest BCUT2D eigenvalue weighted by Gasteiger charge is -2.09. The Kier molecular flexibility index (Phi) is 3.44. The van der Waals surface area contributed by atoms with Crippen molar-refractivity contribution in [3.63, 3.8) is 0 Å². The Morgan fingerprint density at radius 2 is 2.00 bits per heavy atom. The number of rotatable bonds is 2. The molecule has 0 aromatic heterocycles. The molecule has 1 aromatic rings. The van der Waals surface area contributed by atoms with Crippen LogP contribution in [0.5, 0.6) is 0 Å². The van der Waals surface area contributed by atoms with Crippen molar-refractivity contribution < 1.29 is 13.2 Å². The minimum Gasteiger partial charge on any atom is -0.319 e. The molecule has 0 aliphatic carbocycles.